The van der Waals surface area contributed by atoms with E-state index in [1.54, 1.807) is 7.11 Å². The number of aliphatic hydroxyl groups excluding tert-OH is 1. The maximum absolute atomic E-state index is 12.8. The van der Waals surface area contributed by atoms with Gasteiger partial charge in [-0.25, -0.2) is 0 Å². The minimum absolute atomic E-state index is 0. The van der Waals surface area contributed by atoms with Gasteiger partial charge < -0.3 is 19.9 Å². The van der Waals surface area contributed by atoms with Crippen LogP contribution in [0.25, 0.3) is 0 Å². The predicted octanol–water partition coefficient (Wildman–Crippen LogP) is 5.23. The standard InChI is InChI=1S/C28H49NO4.ClH/c1-7-33-24-14-18-8-9-19-20-10-11-21(26(31)32-6)28(20,5)15-22(29-13-12-17(2)3)25(19)27(18,4)16-23(24)30;/h17-25,29-30H,7-16H2,1-6H3;1H/t18?,19-,20-,21?,22?,23?,24?,25-,27-,28-;/m0./s1. The zero-order valence-electron chi connectivity index (χ0n) is 22.3. The highest BCUT2D eigenvalue weighted by Crippen LogP contribution is 2.67. The molecule has 10 atom stereocenters. The fourth-order valence-electron chi connectivity index (χ4n) is 9.12. The van der Waals surface area contributed by atoms with E-state index in [-0.39, 0.29) is 47.3 Å². The summed E-state index contributed by atoms with van der Waals surface area (Å²) in [4.78, 5) is 12.8. The van der Waals surface area contributed by atoms with Crippen molar-refractivity contribution in [3.05, 3.63) is 0 Å². The molecule has 0 heterocycles. The van der Waals surface area contributed by atoms with Crippen LogP contribution in [0.5, 0.6) is 0 Å². The highest BCUT2D eigenvalue weighted by Gasteiger charge is 2.65. The van der Waals surface area contributed by atoms with Crippen molar-refractivity contribution >= 4 is 18.4 Å². The van der Waals surface area contributed by atoms with Crippen LogP contribution < -0.4 is 5.32 Å². The van der Waals surface area contributed by atoms with Gasteiger partial charge in [0.15, 0.2) is 0 Å². The average molecular weight is 500 g/mol. The first-order valence-corrected chi connectivity index (χ1v) is 13.8. The number of hydrogen-bond acceptors (Lipinski definition) is 5. The fourth-order valence-corrected chi connectivity index (χ4v) is 9.12. The topological polar surface area (TPSA) is 67.8 Å². The molecular weight excluding hydrogens is 450 g/mol. The molecule has 4 aliphatic rings. The Bertz CT molecular complexity index is 704. The van der Waals surface area contributed by atoms with Gasteiger partial charge in [0.1, 0.15) is 0 Å². The molecular formula is C28H50ClNO4. The Morgan fingerprint density at radius 2 is 1.85 bits per heavy atom. The van der Waals surface area contributed by atoms with Crippen molar-refractivity contribution in [3.8, 4) is 0 Å². The number of carbonyl (C=O) groups excluding carboxylic acids is 1. The molecule has 6 heteroatoms. The number of ether oxygens (including phenoxy) is 2. The van der Waals surface area contributed by atoms with E-state index in [0.717, 1.165) is 38.6 Å². The zero-order chi connectivity index (χ0) is 24.0. The first kappa shape index (κ1) is 28.2. The molecule has 4 fully saturated rings. The highest BCUT2D eigenvalue weighted by molar-refractivity contribution is 5.85. The van der Waals surface area contributed by atoms with Crippen LogP contribution in [0.2, 0.25) is 0 Å². The van der Waals surface area contributed by atoms with Gasteiger partial charge in [-0.05, 0) is 105 Å². The lowest BCUT2D eigenvalue weighted by Crippen LogP contribution is -2.64. The van der Waals surface area contributed by atoms with Crippen molar-refractivity contribution in [1.29, 1.82) is 0 Å². The van der Waals surface area contributed by atoms with Crippen molar-refractivity contribution in [1.82, 2.24) is 5.32 Å². The molecule has 0 aromatic carbocycles. The van der Waals surface area contributed by atoms with E-state index in [1.165, 1.54) is 19.3 Å². The lowest BCUT2D eigenvalue weighted by Gasteiger charge is -2.64. The molecule has 0 radical (unpaired) electrons. The summed E-state index contributed by atoms with van der Waals surface area (Å²) in [6, 6.07) is 0.392. The number of halogens is 1. The van der Waals surface area contributed by atoms with Gasteiger partial charge in [0, 0.05) is 12.6 Å². The molecule has 0 spiro atoms. The van der Waals surface area contributed by atoms with Crippen molar-refractivity contribution in [3.63, 3.8) is 0 Å². The number of carbonyl (C=O) groups is 1. The molecule has 4 aliphatic carbocycles. The third-order valence-electron chi connectivity index (χ3n) is 10.6. The second-order valence-electron chi connectivity index (χ2n) is 12.7. The molecule has 0 bridgehead atoms. The van der Waals surface area contributed by atoms with Crippen molar-refractivity contribution in [2.24, 2.45) is 46.3 Å². The second kappa shape index (κ2) is 10.9. The Labute approximate surface area is 213 Å². The van der Waals surface area contributed by atoms with E-state index in [0.29, 0.717) is 42.2 Å². The quantitative estimate of drug-likeness (QED) is 0.469. The van der Waals surface area contributed by atoms with Gasteiger partial charge in [0.05, 0.1) is 25.2 Å². The molecule has 0 aliphatic heterocycles. The summed E-state index contributed by atoms with van der Waals surface area (Å²) < 4.78 is 11.2. The Morgan fingerprint density at radius 1 is 1.12 bits per heavy atom. The van der Waals surface area contributed by atoms with E-state index >= 15 is 0 Å². The molecule has 0 aromatic heterocycles. The van der Waals surface area contributed by atoms with Crippen LogP contribution >= 0.6 is 12.4 Å². The van der Waals surface area contributed by atoms with Crippen LogP contribution in [0.4, 0.5) is 0 Å². The van der Waals surface area contributed by atoms with Crippen LogP contribution in [-0.4, -0.2) is 49.6 Å². The molecule has 5 unspecified atom stereocenters. The summed E-state index contributed by atoms with van der Waals surface area (Å²) in [7, 11) is 1.55. The summed E-state index contributed by atoms with van der Waals surface area (Å²) in [6.45, 7) is 13.2. The summed E-state index contributed by atoms with van der Waals surface area (Å²) in [5.74, 6) is 3.04. The number of fused-ring (bicyclic) bond motifs is 5. The molecule has 0 saturated heterocycles. The Kier molecular flexibility index (Phi) is 9.08. The molecule has 4 saturated carbocycles. The average Bonchev–Trinajstić information content (AvgIpc) is 3.10. The van der Waals surface area contributed by atoms with Crippen LogP contribution in [0, 0.1) is 46.3 Å². The molecule has 0 amide bonds. The van der Waals surface area contributed by atoms with Gasteiger partial charge in [0.25, 0.3) is 0 Å². The van der Waals surface area contributed by atoms with Crippen LogP contribution in [0.15, 0.2) is 0 Å². The number of methoxy groups -OCH3 is 1. The van der Waals surface area contributed by atoms with Gasteiger partial charge in [-0.15, -0.1) is 12.4 Å². The van der Waals surface area contributed by atoms with Gasteiger partial charge in [-0.1, -0.05) is 27.7 Å². The SMILES string of the molecule is CCOC1CC2CC[C@@H]3[C@@H](C(NCCC(C)C)C[C@]4(C)C(C(=O)OC)CC[C@@H]34)[C@@]2(C)CC1O.Cl. The van der Waals surface area contributed by atoms with Gasteiger partial charge >= 0.3 is 5.97 Å². The number of nitrogens with one attached hydrogen (secondary N) is 1. The molecule has 4 rings (SSSR count). The molecule has 198 valence electrons. The zero-order valence-corrected chi connectivity index (χ0v) is 23.2. The van der Waals surface area contributed by atoms with Gasteiger partial charge in [-0.3, -0.25) is 4.79 Å². The highest BCUT2D eigenvalue weighted by atomic mass is 35.5. The van der Waals surface area contributed by atoms with E-state index in [9.17, 15) is 9.90 Å². The molecule has 0 aromatic rings. The number of esters is 1. The minimum Gasteiger partial charge on any atom is -0.469 e. The number of rotatable bonds is 7. The molecule has 2 N–H and O–H groups in total. The summed E-state index contributed by atoms with van der Waals surface area (Å²) in [6.07, 6.45) is 8.23. The minimum atomic E-state index is -0.374. The first-order chi connectivity index (χ1) is 15.7. The van der Waals surface area contributed by atoms with Crippen LogP contribution in [0.1, 0.15) is 86.0 Å². The smallest absolute Gasteiger partial charge is 0.309 e. The van der Waals surface area contributed by atoms with Gasteiger partial charge in [0.2, 0.25) is 0 Å². The van der Waals surface area contributed by atoms with Gasteiger partial charge in [-0.2, -0.15) is 0 Å². The largest absolute Gasteiger partial charge is 0.469 e. The van der Waals surface area contributed by atoms with Crippen molar-refractivity contribution < 1.29 is 19.4 Å². The fraction of sp³-hybridized carbons (Fsp3) is 0.964. The molecule has 5 nitrogen and oxygen atoms in total. The monoisotopic (exact) mass is 499 g/mol. The van der Waals surface area contributed by atoms with E-state index in [2.05, 4.69) is 33.0 Å². The van der Waals surface area contributed by atoms with E-state index < -0.39 is 0 Å². The third-order valence-corrected chi connectivity index (χ3v) is 10.6. The first-order valence-electron chi connectivity index (χ1n) is 13.8. The van der Waals surface area contributed by atoms with Crippen molar-refractivity contribution in [2.75, 3.05) is 20.3 Å². The summed E-state index contributed by atoms with van der Waals surface area (Å²) in [5.41, 5.74) is 0.129. The second-order valence-corrected chi connectivity index (χ2v) is 12.7. The summed E-state index contributed by atoms with van der Waals surface area (Å²) in [5, 5.41) is 15.1. The third kappa shape index (κ3) is 4.80. The Morgan fingerprint density at radius 3 is 2.50 bits per heavy atom. The number of hydrogen-bond donors (Lipinski definition) is 2. The predicted molar refractivity (Wildman–Crippen MR) is 138 cm³/mol. The molecule has 34 heavy (non-hydrogen) atoms. The van der Waals surface area contributed by atoms with E-state index in [4.69, 9.17) is 9.47 Å². The summed E-state index contributed by atoms with van der Waals surface area (Å²) >= 11 is 0. The van der Waals surface area contributed by atoms with Crippen molar-refractivity contribution in [2.45, 2.75) is 104 Å². The Hall–Kier alpha value is -0.360. The number of aliphatic hydroxyl groups is 1. The lowest BCUT2D eigenvalue weighted by atomic mass is 9.43. The van der Waals surface area contributed by atoms with E-state index in [1.807, 2.05) is 6.92 Å². The van der Waals surface area contributed by atoms with Crippen LogP contribution in [0.3, 0.4) is 0 Å². The normalized spacial score (nSPS) is 45.6. The lowest BCUT2D eigenvalue weighted by molar-refractivity contribution is -0.181. The maximum Gasteiger partial charge on any atom is 0.309 e. The van der Waals surface area contributed by atoms with Crippen LogP contribution in [-0.2, 0) is 14.3 Å². The maximum atomic E-state index is 12.8. The Balaban J connectivity index is 0.00000324.